The summed E-state index contributed by atoms with van der Waals surface area (Å²) in [6.07, 6.45) is 0. The average molecular weight is 296 g/mol. The van der Waals surface area contributed by atoms with Crippen molar-refractivity contribution in [3.8, 4) is 5.75 Å². The van der Waals surface area contributed by atoms with Crippen LogP contribution in [0.5, 0.6) is 5.75 Å². The van der Waals surface area contributed by atoms with Gasteiger partial charge in [0.2, 0.25) is 0 Å². The largest absolute Gasteiger partial charge is 0.497 e. The molecule has 1 heterocycles. The van der Waals surface area contributed by atoms with Crippen LogP contribution in [0.1, 0.15) is 22.0 Å². The smallest absolute Gasteiger partial charge is 0.254 e. The molecule has 0 spiro atoms. The van der Waals surface area contributed by atoms with Crippen molar-refractivity contribution in [2.45, 2.75) is 6.04 Å². The van der Waals surface area contributed by atoms with Crippen LogP contribution < -0.4 is 10.1 Å². The molecule has 2 aromatic carbocycles. The van der Waals surface area contributed by atoms with Gasteiger partial charge in [-0.3, -0.25) is 4.79 Å². The molecule has 22 heavy (non-hydrogen) atoms. The number of carbonyl (C=O) groups excluding carboxylic acids is 1. The first-order valence-corrected chi connectivity index (χ1v) is 7.50. The minimum absolute atomic E-state index is 0.0485. The predicted molar refractivity (Wildman–Crippen MR) is 86.1 cm³/mol. The summed E-state index contributed by atoms with van der Waals surface area (Å²) in [7, 11) is 1.66. The maximum absolute atomic E-state index is 12.8. The van der Waals surface area contributed by atoms with E-state index < -0.39 is 0 Å². The monoisotopic (exact) mass is 296 g/mol. The Morgan fingerprint density at radius 3 is 2.55 bits per heavy atom. The molecule has 0 bridgehead atoms. The maximum atomic E-state index is 12.8. The Morgan fingerprint density at radius 2 is 1.86 bits per heavy atom. The summed E-state index contributed by atoms with van der Waals surface area (Å²) in [5.41, 5.74) is 1.86. The number of nitrogens with zero attached hydrogens (tertiary/aromatic N) is 1. The fourth-order valence-electron chi connectivity index (χ4n) is 2.82. The Labute approximate surface area is 130 Å². The van der Waals surface area contributed by atoms with Crippen LogP contribution in [-0.2, 0) is 0 Å². The van der Waals surface area contributed by atoms with Crippen LogP contribution in [0.4, 0.5) is 0 Å². The van der Waals surface area contributed by atoms with Gasteiger partial charge < -0.3 is 15.0 Å². The summed E-state index contributed by atoms with van der Waals surface area (Å²) in [5, 5.41) is 3.37. The van der Waals surface area contributed by atoms with Crippen molar-refractivity contribution in [1.82, 2.24) is 10.2 Å². The molecule has 0 aliphatic carbocycles. The van der Waals surface area contributed by atoms with Crippen LogP contribution in [0.15, 0.2) is 54.6 Å². The fraction of sp³-hybridized carbons (Fsp3) is 0.278. The topological polar surface area (TPSA) is 41.6 Å². The summed E-state index contributed by atoms with van der Waals surface area (Å²) < 4.78 is 5.20. The van der Waals surface area contributed by atoms with Gasteiger partial charge in [0.1, 0.15) is 5.75 Å². The van der Waals surface area contributed by atoms with E-state index in [0.717, 1.165) is 30.0 Å². The van der Waals surface area contributed by atoms with E-state index in [1.165, 1.54) is 0 Å². The van der Waals surface area contributed by atoms with Crippen molar-refractivity contribution in [2.75, 3.05) is 26.7 Å². The Kier molecular flexibility index (Phi) is 4.39. The lowest BCUT2D eigenvalue weighted by Gasteiger charge is -2.36. The van der Waals surface area contributed by atoms with Gasteiger partial charge in [0, 0.05) is 25.2 Å². The molecule has 0 saturated carbocycles. The van der Waals surface area contributed by atoms with Crippen molar-refractivity contribution in [1.29, 1.82) is 0 Å². The van der Waals surface area contributed by atoms with Gasteiger partial charge in [-0.25, -0.2) is 0 Å². The second-order valence-electron chi connectivity index (χ2n) is 5.36. The minimum atomic E-state index is 0.0485. The molecule has 3 rings (SSSR count). The summed E-state index contributed by atoms with van der Waals surface area (Å²) in [5.74, 6) is 0.913. The number of nitrogens with one attached hydrogen (secondary N) is 1. The lowest BCUT2D eigenvalue weighted by molar-refractivity contribution is 0.0634. The van der Waals surface area contributed by atoms with Crippen molar-refractivity contribution in [3.05, 3.63) is 65.7 Å². The maximum Gasteiger partial charge on any atom is 0.254 e. The molecule has 1 fully saturated rings. The van der Waals surface area contributed by atoms with Gasteiger partial charge >= 0.3 is 0 Å². The lowest BCUT2D eigenvalue weighted by Crippen LogP contribution is -2.48. The van der Waals surface area contributed by atoms with E-state index >= 15 is 0 Å². The third-order valence-electron chi connectivity index (χ3n) is 4.03. The summed E-state index contributed by atoms with van der Waals surface area (Å²) in [6.45, 7) is 2.31. The zero-order chi connectivity index (χ0) is 15.4. The van der Waals surface area contributed by atoms with E-state index in [9.17, 15) is 4.79 Å². The van der Waals surface area contributed by atoms with Crippen LogP contribution in [0, 0.1) is 0 Å². The second kappa shape index (κ2) is 6.62. The molecule has 0 aromatic heterocycles. The number of rotatable bonds is 3. The first kappa shape index (κ1) is 14.6. The highest BCUT2D eigenvalue weighted by molar-refractivity contribution is 5.94. The molecule has 4 nitrogen and oxygen atoms in total. The number of hydrogen-bond acceptors (Lipinski definition) is 3. The average Bonchev–Trinajstić information content (AvgIpc) is 2.62. The molecule has 1 saturated heterocycles. The van der Waals surface area contributed by atoms with Gasteiger partial charge in [0.15, 0.2) is 0 Å². The molecule has 4 heteroatoms. The highest BCUT2D eigenvalue weighted by Gasteiger charge is 2.28. The Balaban J connectivity index is 1.86. The minimum Gasteiger partial charge on any atom is -0.497 e. The molecule has 1 atom stereocenters. The highest BCUT2D eigenvalue weighted by Crippen LogP contribution is 2.25. The number of carbonyl (C=O) groups is 1. The predicted octanol–water partition coefficient (Wildman–Crippen LogP) is 2.48. The van der Waals surface area contributed by atoms with Crippen LogP contribution in [0.3, 0.4) is 0 Å². The first-order chi connectivity index (χ1) is 10.8. The number of piperazine rings is 1. The van der Waals surface area contributed by atoms with Gasteiger partial charge in [-0.15, -0.1) is 0 Å². The van der Waals surface area contributed by atoms with Gasteiger partial charge in [-0.05, 0) is 29.8 Å². The zero-order valence-electron chi connectivity index (χ0n) is 12.7. The molecular formula is C18H20N2O2. The molecule has 0 unspecified atom stereocenters. The van der Waals surface area contributed by atoms with Crippen LogP contribution in [-0.4, -0.2) is 37.6 Å². The molecule has 1 aliphatic heterocycles. The van der Waals surface area contributed by atoms with Crippen LogP contribution in [0.2, 0.25) is 0 Å². The second-order valence-corrected chi connectivity index (χ2v) is 5.36. The fourth-order valence-corrected chi connectivity index (χ4v) is 2.82. The van der Waals surface area contributed by atoms with Crippen molar-refractivity contribution in [3.63, 3.8) is 0 Å². The number of hydrogen-bond donors (Lipinski definition) is 1. The Morgan fingerprint density at radius 1 is 1.14 bits per heavy atom. The third-order valence-corrected chi connectivity index (χ3v) is 4.03. The van der Waals surface area contributed by atoms with E-state index in [4.69, 9.17) is 4.74 Å². The Hall–Kier alpha value is -2.33. The molecule has 0 radical (unpaired) electrons. The number of ether oxygens (including phenoxy) is 1. The van der Waals surface area contributed by atoms with Crippen molar-refractivity contribution in [2.24, 2.45) is 0 Å². The molecule has 2 aromatic rings. The summed E-state index contributed by atoms with van der Waals surface area (Å²) in [4.78, 5) is 14.7. The highest BCUT2D eigenvalue weighted by atomic mass is 16.5. The number of methoxy groups -OCH3 is 1. The van der Waals surface area contributed by atoms with Gasteiger partial charge in [0.05, 0.1) is 13.2 Å². The molecule has 114 valence electrons. The molecular weight excluding hydrogens is 276 g/mol. The standard InChI is InChI=1S/C18H20N2O2/c1-22-16-9-7-14(8-10-16)17-13-19-11-12-20(17)18(21)15-5-3-2-4-6-15/h2-10,17,19H,11-13H2,1H3/t17-/m1/s1. The molecule has 1 aliphatic rings. The summed E-state index contributed by atoms with van der Waals surface area (Å²) in [6, 6.07) is 17.5. The quantitative estimate of drug-likeness (QED) is 0.946. The van der Waals surface area contributed by atoms with Gasteiger partial charge in [-0.2, -0.15) is 0 Å². The lowest BCUT2D eigenvalue weighted by atomic mass is 10.0. The van der Waals surface area contributed by atoms with Crippen LogP contribution >= 0.6 is 0 Å². The van der Waals surface area contributed by atoms with E-state index in [-0.39, 0.29) is 11.9 Å². The van der Waals surface area contributed by atoms with Crippen LogP contribution in [0.25, 0.3) is 0 Å². The first-order valence-electron chi connectivity index (χ1n) is 7.50. The van der Waals surface area contributed by atoms with E-state index in [2.05, 4.69) is 5.32 Å². The molecule has 1 amide bonds. The third kappa shape index (κ3) is 2.97. The number of benzene rings is 2. The van der Waals surface area contributed by atoms with Gasteiger partial charge in [0.25, 0.3) is 5.91 Å². The van der Waals surface area contributed by atoms with E-state index in [0.29, 0.717) is 6.54 Å². The Bertz CT molecular complexity index is 625. The van der Waals surface area contributed by atoms with E-state index in [1.807, 2.05) is 59.5 Å². The van der Waals surface area contributed by atoms with Crippen molar-refractivity contribution < 1.29 is 9.53 Å². The van der Waals surface area contributed by atoms with Gasteiger partial charge in [-0.1, -0.05) is 30.3 Å². The zero-order valence-corrected chi connectivity index (χ0v) is 12.7. The molecule has 1 N–H and O–H groups in total. The normalized spacial score (nSPS) is 18.0. The number of amides is 1. The SMILES string of the molecule is COc1ccc([C@H]2CNCCN2C(=O)c2ccccc2)cc1. The van der Waals surface area contributed by atoms with E-state index in [1.54, 1.807) is 7.11 Å². The van der Waals surface area contributed by atoms with Crippen molar-refractivity contribution >= 4 is 5.91 Å². The summed E-state index contributed by atoms with van der Waals surface area (Å²) >= 11 is 0.